The summed E-state index contributed by atoms with van der Waals surface area (Å²) in [6.45, 7) is 11.6. The third-order valence-electron chi connectivity index (χ3n) is 6.48. The molecule has 0 saturated carbocycles. The van der Waals surface area contributed by atoms with Gasteiger partial charge < -0.3 is 14.4 Å². The third kappa shape index (κ3) is 7.20. The van der Waals surface area contributed by atoms with Crippen molar-refractivity contribution in [3.05, 3.63) is 47.3 Å². The molecule has 2 aromatic rings. The van der Waals surface area contributed by atoms with Crippen LogP contribution in [0.1, 0.15) is 36.3 Å². The number of ether oxygens (including phenoxy) is 1. The van der Waals surface area contributed by atoms with Gasteiger partial charge in [-0.3, -0.25) is 9.80 Å². The number of hydrogen-bond acceptors (Lipinski definition) is 6. The number of carboxylic acid groups (broad SMARTS) is 1. The minimum atomic E-state index is -5.08. The first-order chi connectivity index (χ1) is 16.1. The van der Waals surface area contributed by atoms with Crippen molar-refractivity contribution in [2.45, 2.75) is 45.8 Å². The zero-order valence-corrected chi connectivity index (χ0v) is 19.6. The number of aryl methyl sites for hydroxylation is 2. The van der Waals surface area contributed by atoms with Crippen molar-refractivity contribution >= 4 is 5.97 Å². The number of likely N-dealkylation sites (tertiary alicyclic amines) is 2. The lowest BCUT2D eigenvalue weighted by atomic mass is 9.79. The van der Waals surface area contributed by atoms with Crippen molar-refractivity contribution in [2.75, 3.05) is 39.3 Å². The Hall–Kier alpha value is -2.59. The van der Waals surface area contributed by atoms with E-state index in [0.29, 0.717) is 5.41 Å². The fourth-order valence-corrected chi connectivity index (χ4v) is 4.76. The molecule has 0 aliphatic carbocycles. The van der Waals surface area contributed by atoms with Crippen LogP contribution in [-0.4, -0.2) is 71.5 Å². The summed E-state index contributed by atoms with van der Waals surface area (Å²) in [5.41, 5.74) is 2.76. The molecule has 2 aliphatic rings. The van der Waals surface area contributed by atoms with E-state index in [1.807, 2.05) is 44.2 Å². The van der Waals surface area contributed by atoms with E-state index in [9.17, 15) is 13.2 Å². The summed E-state index contributed by atoms with van der Waals surface area (Å²) in [5.74, 6) is -0.819. The maximum absolute atomic E-state index is 10.6. The van der Waals surface area contributed by atoms with Crippen molar-refractivity contribution in [3.63, 3.8) is 0 Å². The number of hydrogen-bond donors (Lipinski definition) is 1. The van der Waals surface area contributed by atoms with Gasteiger partial charge in [0.1, 0.15) is 18.1 Å². The zero-order chi connectivity index (χ0) is 24.8. The Bertz CT molecular complexity index is 916. The van der Waals surface area contributed by atoms with Gasteiger partial charge in [0.05, 0.1) is 5.69 Å². The lowest BCUT2D eigenvalue weighted by Crippen LogP contribution is -2.46. The normalized spacial score (nSPS) is 21.3. The highest BCUT2D eigenvalue weighted by molar-refractivity contribution is 5.73. The number of carboxylic acids is 1. The van der Waals surface area contributed by atoms with Gasteiger partial charge in [0.15, 0.2) is 0 Å². The van der Waals surface area contributed by atoms with Crippen LogP contribution in [0.2, 0.25) is 0 Å². The molecule has 1 spiro atoms. The van der Waals surface area contributed by atoms with Crippen LogP contribution >= 0.6 is 0 Å². The average Bonchev–Trinajstić information content (AvgIpc) is 3.32. The Balaban J connectivity index is 0.000000406. The highest BCUT2D eigenvalue weighted by atomic mass is 19.4. The smallest absolute Gasteiger partial charge is 0.490 e. The number of benzene rings is 1. The SMILES string of the molecule is Cc1noc(C)c1CN1CCC2(CCCN(CCOc3ccccc3)C2)C1.O=C(O)C(F)(F)F. The summed E-state index contributed by atoms with van der Waals surface area (Å²) >= 11 is 0. The molecule has 10 heteroatoms. The molecule has 1 unspecified atom stereocenters. The first-order valence-electron chi connectivity index (χ1n) is 11.4. The second kappa shape index (κ2) is 11.2. The summed E-state index contributed by atoms with van der Waals surface area (Å²) < 4.78 is 43.0. The Kier molecular flexibility index (Phi) is 8.59. The molecule has 188 valence electrons. The fraction of sp³-hybridized carbons (Fsp3) is 0.583. The molecule has 3 heterocycles. The monoisotopic (exact) mass is 483 g/mol. The van der Waals surface area contributed by atoms with Gasteiger partial charge in [-0.2, -0.15) is 13.2 Å². The minimum Gasteiger partial charge on any atom is -0.492 e. The number of halogens is 3. The Labute approximate surface area is 197 Å². The molecule has 2 saturated heterocycles. The number of para-hydroxylation sites is 1. The Morgan fingerprint density at radius 3 is 2.44 bits per heavy atom. The van der Waals surface area contributed by atoms with E-state index >= 15 is 0 Å². The van der Waals surface area contributed by atoms with E-state index in [1.165, 1.54) is 51.0 Å². The summed E-state index contributed by atoms with van der Waals surface area (Å²) in [4.78, 5) is 14.1. The van der Waals surface area contributed by atoms with Gasteiger partial charge in [0.2, 0.25) is 0 Å². The van der Waals surface area contributed by atoms with Crippen LogP contribution in [-0.2, 0) is 11.3 Å². The zero-order valence-electron chi connectivity index (χ0n) is 19.6. The summed E-state index contributed by atoms with van der Waals surface area (Å²) in [5, 5.41) is 11.2. The maximum atomic E-state index is 10.6. The van der Waals surface area contributed by atoms with Gasteiger partial charge in [-0.05, 0) is 63.7 Å². The molecular weight excluding hydrogens is 451 g/mol. The number of alkyl halides is 3. The van der Waals surface area contributed by atoms with E-state index in [0.717, 1.165) is 36.9 Å². The molecule has 1 aromatic heterocycles. The van der Waals surface area contributed by atoms with Crippen LogP contribution in [0, 0.1) is 19.3 Å². The van der Waals surface area contributed by atoms with Crippen molar-refractivity contribution in [3.8, 4) is 5.75 Å². The Morgan fingerprint density at radius 2 is 1.82 bits per heavy atom. The average molecular weight is 484 g/mol. The first kappa shape index (κ1) is 26.0. The van der Waals surface area contributed by atoms with Crippen molar-refractivity contribution in [2.24, 2.45) is 5.41 Å². The number of aromatic nitrogens is 1. The molecule has 0 radical (unpaired) electrons. The van der Waals surface area contributed by atoms with Crippen LogP contribution in [0.4, 0.5) is 13.2 Å². The maximum Gasteiger partial charge on any atom is 0.490 e. The summed E-state index contributed by atoms with van der Waals surface area (Å²) in [7, 11) is 0. The van der Waals surface area contributed by atoms with Crippen LogP contribution in [0.25, 0.3) is 0 Å². The van der Waals surface area contributed by atoms with Crippen LogP contribution in [0.5, 0.6) is 5.75 Å². The van der Waals surface area contributed by atoms with E-state index in [1.54, 1.807) is 0 Å². The standard InChI is InChI=1S/C22H31N3O2.C2HF3O2/c1-18-21(19(2)27-23-18)15-25-12-10-22(17-25)9-6-11-24(16-22)13-14-26-20-7-4-3-5-8-20;3-2(4,5)1(6)7/h3-5,7-8H,6,9-17H2,1-2H3;(H,6,7). The van der Waals surface area contributed by atoms with Crippen molar-refractivity contribution < 1.29 is 32.3 Å². The van der Waals surface area contributed by atoms with Gasteiger partial charge in [0.25, 0.3) is 0 Å². The van der Waals surface area contributed by atoms with E-state index in [2.05, 4.69) is 15.0 Å². The number of aliphatic carboxylic acids is 1. The molecule has 0 bridgehead atoms. The molecule has 34 heavy (non-hydrogen) atoms. The highest BCUT2D eigenvalue weighted by Crippen LogP contribution is 2.39. The van der Waals surface area contributed by atoms with Gasteiger partial charge in [-0.25, -0.2) is 4.79 Å². The van der Waals surface area contributed by atoms with E-state index in [-0.39, 0.29) is 0 Å². The second-order valence-corrected chi connectivity index (χ2v) is 9.11. The van der Waals surface area contributed by atoms with Crippen molar-refractivity contribution in [1.82, 2.24) is 15.0 Å². The Morgan fingerprint density at radius 1 is 1.15 bits per heavy atom. The largest absolute Gasteiger partial charge is 0.492 e. The molecule has 2 fully saturated rings. The molecule has 1 N–H and O–H groups in total. The fourth-order valence-electron chi connectivity index (χ4n) is 4.76. The van der Waals surface area contributed by atoms with Crippen molar-refractivity contribution in [1.29, 1.82) is 0 Å². The molecule has 1 atom stereocenters. The van der Waals surface area contributed by atoms with Gasteiger partial charge in [0, 0.05) is 31.7 Å². The predicted octanol–water partition coefficient (Wildman–Crippen LogP) is 4.29. The van der Waals surface area contributed by atoms with E-state index in [4.69, 9.17) is 19.2 Å². The second-order valence-electron chi connectivity index (χ2n) is 9.11. The summed E-state index contributed by atoms with van der Waals surface area (Å²) in [6, 6.07) is 10.1. The van der Waals surface area contributed by atoms with Gasteiger partial charge in [-0.1, -0.05) is 23.4 Å². The molecule has 0 amide bonds. The quantitative estimate of drug-likeness (QED) is 0.657. The van der Waals surface area contributed by atoms with Gasteiger partial charge in [-0.15, -0.1) is 0 Å². The number of carbonyl (C=O) groups is 1. The molecule has 2 aliphatic heterocycles. The topological polar surface area (TPSA) is 79.0 Å². The number of piperidine rings is 1. The lowest BCUT2D eigenvalue weighted by Gasteiger charge is -2.40. The minimum absolute atomic E-state index is 0.448. The van der Waals surface area contributed by atoms with Gasteiger partial charge >= 0.3 is 12.1 Å². The summed E-state index contributed by atoms with van der Waals surface area (Å²) in [6.07, 6.45) is -1.14. The highest BCUT2D eigenvalue weighted by Gasteiger charge is 2.41. The lowest BCUT2D eigenvalue weighted by molar-refractivity contribution is -0.192. The molecule has 7 nitrogen and oxygen atoms in total. The first-order valence-corrected chi connectivity index (χ1v) is 11.4. The third-order valence-corrected chi connectivity index (χ3v) is 6.48. The number of nitrogens with zero attached hydrogens (tertiary/aromatic N) is 3. The molecular formula is C24H32F3N3O4. The van der Waals surface area contributed by atoms with Crippen LogP contribution in [0.3, 0.4) is 0 Å². The number of rotatable bonds is 6. The molecule has 4 rings (SSSR count). The van der Waals surface area contributed by atoms with Crippen LogP contribution in [0.15, 0.2) is 34.9 Å². The van der Waals surface area contributed by atoms with Crippen LogP contribution < -0.4 is 4.74 Å². The molecule has 1 aromatic carbocycles. The predicted molar refractivity (Wildman–Crippen MR) is 120 cm³/mol. The van der Waals surface area contributed by atoms with E-state index < -0.39 is 12.1 Å².